The van der Waals surface area contributed by atoms with Gasteiger partial charge in [0.1, 0.15) is 0 Å². The van der Waals surface area contributed by atoms with Crippen molar-refractivity contribution >= 4 is 35.3 Å². The molecule has 0 radical (unpaired) electrons. The van der Waals surface area contributed by atoms with Crippen molar-refractivity contribution in [2.75, 3.05) is 0 Å². The molecule has 0 fully saturated rings. The fourth-order valence-electron chi connectivity index (χ4n) is 2.94. The van der Waals surface area contributed by atoms with Crippen LogP contribution in [0.1, 0.15) is 11.1 Å². The SMILES string of the molecule is O=C(NNC(=O)[C@H]1Cc2ccccc2S1)[C@@H]1Cc2ccccc2S1. The van der Waals surface area contributed by atoms with E-state index >= 15 is 0 Å². The molecule has 2 aliphatic heterocycles. The molecular weight excluding hydrogens is 340 g/mol. The summed E-state index contributed by atoms with van der Waals surface area (Å²) >= 11 is 3.10. The lowest BCUT2D eigenvalue weighted by Crippen LogP contribution is -2.48. The summed E-state index contributed by atoms with van der Waals surface area (Å²) < 4.78 is 0. The largest absolute Gasteiger partial charge is 0.272 e. The van der Waals surface area contributed by atoms with Gasteiger partial charge in [0.15, 0.2) is 0 Å². The Kier molecular flexibility index (Phi) is 4.24. The molecule has 2 aliphatic rings. The number of carbonyl (C=O) groups excluding carboxylic acids is 2. The first-order chi connectivity index (χ1) is 11.7. The highest BCUT2D eigenvalue weighted by molar-refractivity contribution is 8.01. The Labute approximate surface area is 148 Å². The van der Waals surface area contributed by atoms with E-state index < -0.39 is 0 Å². The van der Waals surface area contributed by atoms with Crippen LogP contribution in [0.3, 0.4) is 0 Å². The molecule has 4 nitrogen and oxygen atoms in total. The molecule has 2 N–H and O–H groups in total. The van der Waals surface area contributed by atoms with Crippen molar-refractivity contribution in [3.63, 3.8) is 0 Å². The third-order valence-corrected chi connectivity index (χ3v) is 6.82. The van der Waals surface area contributed by atoms with Gasteiger partial charge in [0.05, 0.1) is 10.5 Å². The first-order valence-corrected chi connectivity index (χ1v) is 9.55. The Hall–Kier alpha value is -1.92. The van der Waals surface area contributed by atoms with E-state index in [1.54, 1.807) is 23.5 Å². The summed E-state index contributed by atoms with van der Waals surface area (Å²) in [6.45, 7) is 0. The van der Waals surface area contributed by atoms with Crippen LogP contribution in [-0.2, 0) is 22.4 Å². The summed E-state index contributed by atoms with van der Waals surface area (Å²) in [5.41, 5.74) is 7.56. The molecule has 4 rings (SSSR count). The molecule has 0 bridgehead atoms. The molecule has 0 spiro atoms. The lowest BCUT2D eigenvalue weighted by molar-refractivity contribution is -0.128. The highest BCUT2D eigenvalue weighted by Gasteiger charge is 2.31. The molecule has 2 aromatic rings. The van der Waals surface area contributed by atoms with Crippen molar-refractivity contribution in [2.24, 2.45) is 0 Å². The van der Waals surface area contributed by atoms with Gasteiger partial charge in [0, 0.05) is 9.79 Å². The number of carbonyl (C=O) groups is 2. The maximum absolute atomic E-state index is 12.3. The van der Waals surface area contributed by atoms with Crippen LogP contribution in [0.4, 0.5) is 0 Å². The van der Waals surface area contributed by atoms with Gasteiger partial charge in [-0.25, -0.2) is 0 Å². The van der Waals surface area contributed by atoms with Gasteiger partial charge < -0.3 is 0 Å². The number of thioether (sulfide) groups is 2. The van der Waals surface area contributed by atoms with Crippen LogP contribution in [0.5, 0.6) is 0 Å². The van der Waals surface area contributed by atoms with E-state index in [4.69, 9.17) is 0 Å². The van der Waals surface area contributed by atoms with Crippen molar-refractivity contribution in [2.45, 2.75) is 33.1 Å². The number of fused-ring (bicyclic) bond motifs is 2. The number of hydrogen-bond donors (Lipinski definition) is 2. The number of rotatable bonds is 2. The van der Waals surface area contributed by atoms with Crippen molar-refractivity contribution < 1.29 is 9.59 Å². The molecule has 0 aromatic heterocycles. The molecule has 2 aromatic carbocycles. The molecule has 6 heteroatoms. The topological polar surface area (TPSA) is 58.2 Å². The summed E-state index contributed by atoms with van der Waals surface area (Å²) in [4.78, 5) is 26.9. The minimum atomic E-state index is -0.184. The molecule has 2 heterocycles. The van der Waals surface area contributed by atoms with Gasteiger partial charge in [-0.3, -0.25) is 20.4 Å². The smallest absolute Gasteiger partial charge is 0.252 e. The molecule has 0 saturated carbocycles. The lowest BCUT2D eigenvalue weighted by Gasteiger charge is -2.13. The Morgan fingerprint density at radius 2 is 1.17 bits per heavy atom. The standard InChI is InChI=1S/C18H16N2O2S2/c21-17(15-9-11-5-1-3-7-13(11)23-15)19-20-18(22)16-10-12-6-2-4-8-14(12)24-16/h1-8,15-16H,9-10H2,(H,19,21)(H,20,22)/t15-,16+. The minimum Gasteiger partial charge on any atom is -0.272 e. The van der Waals surface area contributed by atoms with Crippen LogP contribution < -0.4 is 10.9 Å². The Morgan fingerprint density at radius 1 is 0.750 bits per heavy atom. The van der Waals surface area contributed by atoms with Gasteiger partial charge in [-0.05, 0) is 36.1 Å². The first kappa shape index (κ1) is 15.6. The van der Waals surface area contributed by atoms with E-state index in [0.717, 1.165) is 9.79 Å². The van der Waals surface area contributed by atoms with Crippen molar-refractivity contribution in [1.29, 1.82) is 0 Å². The monoisotopic (exact) mass is 356 g/mol. The minimum absolute atomic E-state index is 0.148. The molecule has 0 aliphatic carbocycles. The fraction of sp³-hybridized carbons (Fsp3) is 0.222. The zero-order chi connectivity index (χ0) is 16.5. The predicted molar refractivity (Wildman–Crippen MR) is 95.9 cm³/mol. The van der Waals surface area contributed by atoms with Crippen molar-refractivity contribution in [1.82, 2.24) is 10.9 Å². The first-order valence-electron chi connectivity index (χ1n) is 7.79. The Balaban J connectivity index is 1.30. The predicted octanol–water partition coefficient (Wildman–Crippen LogP) is 2.57. The molecule has 0 unspecified atom stereocenters. The molecule has 0 saturated heterocycles. The van der Waals surface area contributed by atoms with E-state index in [-0.39, 0.29) is 22.3 Å². The number of amides is 2. The number of benzene rings is 2. The molecule has 2 atom stereocenters. The number of hydrazine groups is 1. The number of nitrogens with one attached hydrogen (secondary N) is 2. The zero-order valence-electron chi connectivity index (χ0n) is 12.8. The van der Waals surface area contributed by atoms with Crippen molar-refractivity contribution in [3.05, 3.63) is 59.7 Å². The molecule has 122 valence electrons. The molecule has 24 heavy (non-hydrogen) atoms. The normalized spacial score (nSPS) is 21.0. The Morgan fingerprint density at radius 3 is 1.58 bits per heavy atom. The van der Waals surface area contributed by atoms with Gasteiger partial charge in [0.25, 0.3) is 11.8 Å². The molecule has 2 amide bonds. The maximum Gasteiger partial charge on any atom is 0.252 e. The van der Waals surface area contributed by atoms with E-state index in [0.29, 0.717) is 12.8 Å². The summed E-state index contributed by atoms with van der Waals surface area (Å²) in [5.74, 6) is -0.296. The quantitative estimate of drug-likeness (QED) is 0.812. The van der Waals surface area contributed by atoms with E-state index in [9.17, 15) is 9.59 Å². The van der Waals surface area contributed by atoms with Crippen molar-refractivity contribution in [3.8, 4) is 0 Å². The van der Waals surface area contributed by atoms with Crippen LogP contribution in [0.15, 0.2) is 58.3 Å². The van der Waals surface area contributed by atoms with Gasteiger partial charge in [0.2, 0.25) is 0 Å². The fourth-order valence-corrected chi connectivity index (χ4v) is 5.33. The highest BCUT2D eigenvalue weighted by Crippen LogP contribution is 2.37. The summed E-state index contributed by atoms with van der Waals surface area (Å²) in [7, 11) is 0. The van der Waals surface area contributed by atoms with E-state index in [1.807, 2.05) is 48.5 Å². The van der Waals surface area contributed by atoms with Crippen LogP contribution >= 0.6 is 23.5 Å². The van der Waals surface area contributed by atoms with Gasteiger partial charge in [-0.1, -0.05) is 36.4 Å². The van der Waals surface area contributed by atoms with E-state index in [1.165, 1.54) is 11.1 Å². The van der Waals surface area contributed by atoms with Crippen LogP contribution in [-0.4, -0.2) is 22.3 Å². The van der Waals surface area contributed by atoms with Crippen LogP contribution in [0.25, 0.3) is 0 Å². The average molecular weight is 356 g/mol. The zero-order valence-corrected chi connectivity index (χ0v) is 14.5. The van der Waals surface area contributed by atoms with Gasteiger partial charge >= 0.3 is 0 Å². The average Bonchev–Trinajstić information content (AvgIpc) is 3.23. The van der Waals surface area contributed by atoms with Crippen LogP contribution in [0, 0.1) is 0 Å². The molecular formula is C18H16N2O2S2. The summed E-state index contributed by atoms with van der Waals surface area (Å²) in [5, 5.41) is -0.368. The second kappa shape index (κ2) is 6.53. The third kappa shape index (κ3) is 3.03. The van der Waals surface area contributed by atoms with Gasteiger partial charge in [-0.2, -0.15) is 0 Å². The Bertz CT molecular complexity index is 692. The maximum atomic E-state index is 12.3. The second-order valence-corrected chi connectivity index (χ2v) is 8.30. The lowest BCUT2D eigenvalue weighted by atomic mass is 10.1. The second-order valence-electron chi connectivity index (χ2n) is 5.82. The van der Waals surface area contributed by atoms with E-state index in [2.05, 4.69) is 10.9 Å². The summed E-state index contributed by atoms with van der Waals surface area (Å²) in [6, 6.07) is 16.1. The highest BCUT2D eigenvalue weighted by atomic mass is 32.2. The van der Waals surface area contributed by atoms with Crippen LogP contribution in [0.2, 0.25) is 0 Å². The van der Waals surface area contributed by atoms with Gasteiger partial charge in [-0.15, -0.1) is 23.5 Å². The third-order valence-electron chi connectivity index (χ3n) is 4.19. The number of hydrogen-bond acceptors (Lipinski definition) is 4. The summed E-state index contributed by atoms with van der Waals surface area (Å²) in [6.07, 6.45) is 1.40.